The number of allylic oxidation sites excluding steroid dienone is 2. The Kier molecular flexibility index (Phi) is 14.8. The molecule has 0 saturated heterocycles. The van der Waals surface area contributed by atoms with Crippen LogP contribution in [-0.2, 0) is 9.53 Å². The van der Waals surface area contributed by atoms with Crippen molar-refractivity contribution in [1.82, 2.24) is 0 Å². The zero-order valence-electron chi connectivity index (χ0n) is 20.2. The monoisotopic (exact) mass is 436 g/mol. The Morgan fingerprint density at radius 3 is 1.45 bits per heavy atom. The van der Waals surface area contributed by atoms with Crippen molar-refractivity contribution in [2.24, 2.45) is 23.7 Å². The molecule has 3 fully saturated rings. The molecule has 0 aromatic carbocycles. The van der Waals surface area contributed by atoms with Gasteiger partial charge >= 0.3 is 5.97 Å². The van der Waals surface area contributed by atoms with Crippen molar-refractivity contribution in [3.8, 4) is 0 Å². The van der Waals surface area contributed by atoms with Crippen LogP contribution in [0, 0.1) is 23.7 Å². The predicted octanol–water partition coefficient (Wildman–Crippen LogP) is 6.22. The molecule has 0 aliphatic heterocycles. The molecule has 0 unspecified atom stereocenters. The van der Waals surface area contributed by atoms with Gasteiger partial charge in [-0.2, -0.15) is 0 Å². The number of esters is 1. The minimum Gasteiger partial charge on any atom is -0.466 e. The Bertz CT molecular complexity index is 471. The van der Waals surface area contributed by atoms with E-state index in [4.69, 9.17) is 14.9 Å². The Morgan fingerprint density at radius 2 is 1.13 bits per heavy atom. The minimum atomic E-state index is -0.141. The van der Waals surface area contributed by atoms with Gasteiger partial charge < -0.3 is 14.9 Å². The molecule has 4 heteroatoms. The van der Waals surface area contributed by atoms with Crippen molar-refractivity contribution < 1.29 is 19.7 Å². The molecule has 3 rings (SSSR count). The maximum atomic E-state index is 10.6. The van der Waals surface area contributed by atoms with Crippen LogP contribution in [-0.4, -0.2) is 36.0 Å². The maximum Gasteiger partial charge on any atom is 0.302 e. The normalized spacial score (nSPS) is 28.5. The van der Waals surface area contributed by atoms with Gasteiger partial charge in [0.05, 0.1) is 6.61 Å². The Labute approximate surface area is 191 Å². The van der Waals surface area contributed by atoms with Crippen molar-refractivity contribution in [2.75, 3.05) is 19.8 Å². The summed E-state index contributed by atoms with van der Waals surface area (Å²) in [6, 6.07) is 0. The van der Waals surface area contributed by atoms with Gasteiger partial charge in [0.25, 0.3) is 0 Å². The number of hydrogen-bond acceptors (Lipinski definition) is 4. The number of ether oxygens (including phenoxy) is 1. The number of aliphatic hydroxyl groups is 2. The third-order valence-electron chi connectivity index (χ3n) is 7.21. The summed E-state index contributed by atoms with van der Waals surface area (Å²) in [5.41, 5.74) is 2.80. The Hall–Kier alpha value is -1.13. The molecule has 2 N–H and O–H groups in total. The van der Waals surface area contributed by atoms with Crippen molar-refractivity contribution in [1.29, 1.82) is 0 Å². The van der Waals surface area contributed by atoms with E-state index in [0.717, 1.165) is 31.6 Å². The smallest absolute Gasteiger partial charge is 0.302 e. The molecule has 3 saturated carbocycles. The lowest BCUT2D eigenvalue weighted by atomic mass is 9.81. The molecule has 31 heavy (non-hydrogen) atoms. The molecule has 0 atom stereocenters. The molecular weight excluding hydrogens is 388 g/mol. The second-order valence-corrected chi connectivity index (χ2v) is 9.85. The first-order valence-corrected chi connectivity index (χ1v) is 12.6. The molecule has 3 aliphatic carbocycles. The molecule has 0 aromatic rings. The number of carbonyl (C=O) groups excluding carboxylic acids is 1. The van der Waals surface area contributed by atoms with Gasteiger partial charge in [-0.15, -0.1) is 0 Å². The van der Waals surface area contributed by atoms with Crippen LogP contribution in [0.4, 0.5) is 0 Å². The third kappa shape index (κ3) is 13.1. The lowest BCUT2D eigenvalue weighted by Gasteiger charge is -2.27. The Morgan fingerprint density at radius 1 is 0.774 bits per heavy atom. The average Bonchev–Trinajstić information content (AvgIpc) is 2.81. The number of rotatable bonds is 5. The molecule has 0 amide bonds. The zero-order valence-corrected chi connectivity index (χ0v) is 20.2. The van der Waals surface area contributed by atoms with E-state index in [1.165, 1.54) is 75.9 Å². The molecule has 180 valence electrons. The highest BCUT2D eigenvalue weighted by Gasteiger charge is 2.20. The summed E-state index contributed by atoms with van der Waals surface area (Å²) in [7, 11) is 0. The van der Waals surface area contributed by atoms with E-state index in [9.17, 15) is 4.79 Å². The van der Waals surface area contributed by atoms with Crippen LogP contribution < -0.4 is 0 Å². The van der Waals surface area contributed by atoms with Gasteiger partial charge in [-0.3, -0.25) is 4.79 Å². The molecule has 0 bridgehead atoms. The van der Waals surface area contributed by atoms with Gasteiger partial charge in [0.1, 0.15) is 0 Å². The third-order valence-corrected chi connectivity index (χ3v) is 7.21. The summed E-state index contributed by atoms with van der Waals surface area (Å²) in [6.45, 7) is 12.9. The van der Waals surface area contributed by atoms with Crippen molar-refractivity contribution >= 4 is 5.97 Å². The van der Waals surface area contributed by atoms with E-state index in [1.54, 1.807) is 0 Å². The van der Waals surface area contributed by atoms with Gasteiger partial charge in [0.15, 0.2) is 0 Å². The van der Waals surface area contributed by atoms with Gasteiger partial charge in [0.2, 0.25) is 0 Å². The highest BCUT2D eigenvalue weighted by atomic mass is 16.5. The van der Waals surface area contributed by atoms with Crippen LogP contribution >= 0.6 is 0 Å². The Balaban J connectivity index is 0.000000240. The van der Waals surface area contributed by atoms with E-state index in [0.29, 0.717) is 37.6 Å². The van der Waals surface area contributed by atoms with Gasteiger partial charge in [-0.25, -0.2) is 0 Å². The molecule has 0 spiro atoms. The standard InChI is InChI=1S/C11H20O2.C8H16O2.C8H12/c1-3-10-4-6-11(7-5-10)8-13-9(2)12;9-5-7-1-2-8(6-10)4-3-7;1-7-3-5-8(2)6-4-7/h10-11H,3-8H2,1-2H3;7-10H,1-6H2;1-6H2. The highest BCUT2D eigenvalue weighted by Crippen LogP contribution is 2.30. The quantitative estimate of drug-likeness (QED) is 0.397. The van der Waals surface area contributed by atoms with E-state index in [2.05, 4.69) is 20.1 Å². The SMILES string of the molecule is C=C1CCC(=C)CC1.CCC1CCC(COC(C)=O)CC1.OCC1CCC(CO)CC1. The van der Waals surface area contributed by atoms with Crippen LogP contribution in [0.2, 0.25) is 0 Å². The number of carbonyl (C=O) groups is 1. The highest BCUT2D eigenvalue weighted by molar-refractivity contribution is 5.65. The van der Waals surface area contributed by atoms with Gasteiger partial charge in [0, 0.05) is 20.1 Å². The average molecular weight is 437 g/mol. The van der Waals surface area contributed by atoms with Crippen LogP contribution in [0.5, 0.6) is 0 Å². The van der Waals surface area contributed by atoms with Crippen LogP contribution in [0.1, 0.15) is 97.3 Å². The summed E-state index contributed by atoms with van der Waals surface area (Å²) in [6.07, 6.45) is 15.5. The molecule has 0 aromatic heterocycles. The summed E-state index contributed by atoms with van der Waals surface area (Å²) in [4.78, 5) is 10.6. The summed E-state index contributed by atoms with van der Waals surface area (Å²) >= 11 is 0. The minimum absolute atomic E-state index is 0.141. The summed E-state index contributed by atoms with van der Waals surface area (Å²) < 4.78 is 5.01. The van der Waals surface area contributed by atoms with E-state index >= 15 is 0 Å². The van der Waals surface area contributed by atoms with Crippen molar-refractivity contribution in [3.05, 3.63) is 24.3 Å². The lowest BCUT2D eigenvalue weighted by Crippen LogP contribution is -2.19. The van der Waals surface area contributed by atoms with Crippen molar-refractivity contribution in [3.63, 3.8) is 0 Å². The van der Waals surface area contributed by atoms with E-state index in [-0.39, 0.29) is 5.97 Å². The lowest BCUT2D eigenvalue weighted by molar-refractivity contribution is -0.142. The molecule has 4 nitrogen and oxygen atoms in total. The largest absolute Gasteiger partial charge is 0.466 e. The van der Waals surface area contributed by atoms with E-state index in [1.807, 2.05) is 0 Å². The predicted molar refractivity (Wildman–Crippen MR) is 129 cm³/mol. The molecule has 3 aliphatic rings. The van der Waals surface area contributed by atoms with Crippen LogP contribution in [0.25, 0.3) is 0 Å². The van der Waals surface area contributed by atoms with E-state index < -0.39 is 0 Å². The van der Waals surface area contributed by atoms with Gasteiger partial charge in [-0.05, 0) is 87.9 Å². The number of hydrogen-bond donors (Lipinski definition) is 2. The summed E-state index contributed by atoms with van der Waals surface area (Å²) in [5.74, 6) is 2.45. The van der Waals surface area contributed by atoms with Crippen molar-refractivity contribution in [2.45, 2.75) is 97.3 Å². The van der Waals surface area contributed by atoms with Crippen LogP contribution in [0.15, 0.2) is 24.3 Å². The molecular formula is C27H48O4. The topological polar surface area (TPSA) is 66.8 Å². The first-order chi connectivity index (χ1) is 14.9. The fraction of sp³-hybridized carbons (Fsp3) is 0.815. The summed E-state index contributed by atoms with van der Waals surface area (Å²) in [5, 5.41) is 17.6. The fourth-order valence-corrected chi connectivity index (χ4v) is 4.60. The molecule has 0 heterocycles. The van der Waals surface area contributed by atoms with Gasteiger partial charge in [-0.1, -0.05) is 50.5 Å². The first kappa shape index (κ1) is 27.9. The number of aliphatic hydroxyl groups excluding tert-OH is 2. The first-order valence-electron chi connectivity index (χ1n) is 12.6. The van der Waals surface area contributed by atoms with Crippen LogP contribution in [0.3, 0.4) is 0 Å². The molecule has 0 radical (unpaired) electrons. The maximum absolute atomic E-state index is 10.6. The second kappa shape index (κ2) is 16.5. The second-order valence-electron chi connectivity index (χ2n) is 9.85. The fourth-order valence-electron chi connectivity index (χ4n) is 4.60. The zero-order chi connectivity index (χ0) is 23.1.